The number of aromatic amines is 1. The fraction of sp³-hybridized carbons (Fsp3) is 0.267. The van der Waals surface area contributed by atoms with Crippen molar-refractivity contribution in [2.24, 2.45) is 0 Å². The molecule has 1 aliphatic heterocycles. The summed E-state index contributed by atoms with van der Waals surface area (Å²) < 4.78 is 13.4. The van der Waals surface area contributed by atoms with Crippen LogP contribution in [0.3, 0.4) is 0 Å². The Morgan fingerprint density at radius 2 is 2.20 bits per heavy atom. The highest BCUT2D eigenvalue weighted by molar-refractivity contribution is 6.06. The lowest BCUT2D eigenvalue weighted by molar-refractivity contribution is -0.116. The van der Waals surface area contributed by atoms with Gasteiger partial charge in [-0.25, -0.2) is 4.39 Å². The van der Waals surface area contributed by atoms with Crippen LogP contribution in [-0.2, 0) is 4.79 Å². The highest BCUT2D eigenvalue weighted by Gasteiger charge is 2.33. The number of anilines is 1. The largest absolute Gasteiger partial charge is 0.397 e. The fourth-order valence-electron chi connectivity index (χ4n) is 2.66. The van der Waals surface area contributed by atoms with E-state index in [1.165, 1.54) is 12.2 Å². The van der Waals surface area contributed by atoms with Crippen LogP contribution in [0.5, 0.6) is 0 Å². The van der Waals surface area contributed by atoms with Gasteiger partial charge in [-0.2, -0.15) is 0 Å². The Hall–Kier alpha value is -2.30. The van der Waals surface area contributed by atoms with Gasteiger partial charge in [0.1, 0.15) is 5.83 Å². The number of nitrogens with one attached hydrogen (secondary N) is 2. The van der Waals surface area contributed by atoms with Crippen molar-refractivity contribution in [3.8, 4) is 0 Å². The van der Waals surface area contributed by atoms with Crippen molar-refractivity contribution in [3.05, 3.63) is 46.1 Å². The van der Waals surface area contributed by atoms with E-state index in [1.807, 2.05) is 13.8 Å². The van der Waals surface area contributed by atoms with Crippen molar-refractivity contribution in [1.29, 1.82) is 0 Å². The smallest absolute Gasteiger partial charge is 0.252 e. The average molecular weight is 273 g/mol. The lowest BCUT2D eigenvalue weighted by Crippen LogP contribution is -2.26. The van der Waals surface area contributed by atoms with Crippen LogP contribution in [0.2, 0.25) is 0 Å². The molecule has 0 aromatic carbocycles. The number of nitrogens with two attached hydrogens (primary N) is 1. The van der Waals surface area contributed by atoms with Gasteiger partial charge in [0.25, 0.3) is 5.91 Å². The molecule has 104 valence electrons. The first-order valence-corrected chi connectivity index (χ1v) is 6.52. The zero-order valence-electron chi connectivity index (χ0n) is 11.4. The fourth-order valence-corrected chi connectivity index (χ4v) is 2.66. The Kier molecular flexibility index (Phi) is 2.78. The quantitative estimate of drug-likeness (QED) is 0.687. The molecule has 0 saturated carbocycles. The summed E-state index contributed by atoms with van der Waals surface area (Å²) in [5, 5.41) is 2.86. The van der Waals surface area contributed by atoms with Crippen molar-refractivity contribution in [3.63, 3.8) is 0 Å². The molecule has 1 atom stereocenters. The SMILES string of the molecule is Cc1[nH]c(/C=C2\C(=O)NC3CC=C(F)C=C23)c(C)c1N. The van der Waals surface area contributed by atoms with E-state index in [4.69, 9.17) is 5.73 Å². The Balaban J connectivity index is 2.08. The van der Waals surface area contributed by atoms with Crippen LogP contribution in [0.1, 0.15) is 23.4 Å². The standard InChI is InChI=1S/C15H16FN3O/c1-7-13(18-8(2)14(7)17)6-11-10-5-9(16)3-4-12(10)19-15(11)20/h3,5-6,12,18H,4,17H2,1-2H3,(H,19,20)/b11-6-. The van der Waals surface area contributed by atoms with E-state index in [-0.39, 0.29) is 17.8 Å². The zero-order valence-corrected chi connectivity index (χ0v) is 11.4. The number of carbonyl (C=O) groups excluding carboxylic acids is 1. The summed E-state index contributed by atoms with van der Waals surface area (Å²) in [5.41, 5.74) is 10.4. The lowest BCUT2D eigenvalue weighted by Gasteiger charge is -2.12. The minimum absolute atomic E-state index is 0.123. The topological polar surface area (TPSA) is 70.9 Å². The van der Waals surface area contributed by atoms with Crippen molar-refractivity contribution in [1.82, 2.24) is 10.3 Å². The molecule has 5 heteroatoms. The first-order valence-electron chi connectivity index (χ1n) is 6.52. The molecule has 3 rings (SSSR count). The molecule has 1 fully saturated rings. The molecule has 1 aromatic rings. The van der Waals surface area contributed by atoms with Gasteiger partial charge in [-0.3, -0.25) is 4.79 Å². The molecule has 0 radical (unpaired) electrons. The molecular formula is C15H16FN3O. The molecular weight excluding hydrogens is 257 g/mol. The summed E-state index contributed by atoms with van der Waals surface area (Å²) in [6.45, 7) is 3.77. The molecule has 4 nitrogen and oxygen atoms in total. The van der Waals surface area contributed by atoms with Crippen LogP contribution in [0, 0.1) is 13.8 Å². The second-order valence-corrected chi connectivity index (χ2v) is 5.21. The van der Waals surface area contributed by atoms with Gasteiger partial charge in [-0.1, -0.05) is 0 Å². The molecule has 0 bridgehead atoms. The molecule has 1 unspecified atom stereocenters. The van der Waals surface area contributed by atoms with Crippen molar-refractivity contribution >= 4 is 17.7 Å². The third-order valence-corrected chi connectivity index (χ3v) is 3.90. The molecule has 20 heavy (non-hydrogen) atoms. The van der Waals surface area contributed by atoms with Crippen LogP contribution in [0.4, 0.5) is 10.1 Å². The maximum atomic E-state index is 13.4. The monoisotopic (exact) mass is 273 g/mol. The second kappa shape index (κ2) is 4.37. The number of hydrogen-bond donors (Lipinski definition) is 3. The minimum Gasteiger partial charge on any atom is -0.397 e. The predicted octanol–water partition coefficient (Wildman–Crippen LogP) is 2.28. The third-order valence-electron chi connectivity index (χ3n) is 3.90. The van der Waals surface area contributed by atoms with Crippen LogP contribution in [-0.4, -0.2) is 16.9 Å². The van der Waals surface area contributed by atoms with Gasteiger partial charge in [0.2, 0.25) is 0 Å². The average Bonchev–Trinajstić information content (AvgIpc) is 2.83. The molecule has 2 aliphatic rings. The van der Waals surface area contributed by atoms with Crippen LogP contribution in [0.15, 0.2) is 29.1 Å². The summed E-state index contributed by atoms with van der Waals surface area (Å²) in [5.74, 6) is -0.466. The van der Waals surface area contributed by atoms with Gasteiger partial charge in [0.05, 0.1) is 11.7 Å². The first-order chi connectivity index (χ1) is 9.47. The highest BCUT2D eigenvalue weighted by atomic mass is 19.1. The number of aryl methyl sites for hydroxylation is 1. The number of fused-ring (bicyclic) bond motifs is 1. The number of hydrogen-bond acceptors (Lipinski definition) is 2. The molecule has 1 aliphatic carbocycles. The molecule has 4 N–H and O–H groups in total. The molecule has 2 heterocycles. The number of H-pyrrole nitrogens is 1. The maximum Gasteiger partial charge on any atom is 0.252 e. The van der Waals surface area contributed by atoms with Gasteiger partial charge >= 0.3 is 0 Å². The Morgan fingerprint density at radius 3 is 2.85 bits per heavy atom. The molecule has 0 spiro atoms. The van der Waals surface area contributed by atoms with Crippen molar-refractivity contribution in [2.45, 2.75) is 26.3 Å². The molecule has 1 aromatic heterocycles. The van der Waals surface area contributed by atoms with Gasteiger partial charge in [0, 0.05) is 17.0 Å². The predicted molar refractivity (Wildman–Crippen MR) is 76.5 cm³/mol. The Labute approximate surface area is 116 Å². The van der Waals surface area contributed by atoms with Crippen LogP contribution >= 0.6 is 0 Å². The first kappa shape index (κ1) is 12.7. The Bertz CT molecular complexity index is 694. The number of rotatable bonds is 1. The number of allylic oxidation sites excluding steroid dienone is 2. The number of halogens is 1. The summed E-state index contributed by atoms with van der Waals surface area (Å²) in [7, 11) is 0. The molecule has 1 saturated heterocycles. The third kappa shape index (κ3) is 1.86. The summed E-state index contributed by atoms with van der Waals surface area (Å²) in [6, 6.07) is -0.123. The van der Waals surface area contributed by atoms with E-state index >= 15 is 0 Å². The van der Waals surface area contributed by atoms with Crippen LogP contribution in [0.25, 0.3) is 6.08 Å². The van der Waals surface area contributed by atoms with Gasteiger partial charge < -0.3 is 16.0 Å². The Morgan fingerprint density at radius 1 is 1.45 bits per heavy atom. The number of aromatic nitrogens is 1. The summed E-state index contributed by atoms with van der Waals surface area (Å²) in [6.07, 6.45) is 5.15. The van der Waals surface area contributed by atoms with E-state index in [9.17, 15) is 9.18 Å². The van der Waals surface area contributed by atoms with E-state index in [0.29, 0.717) is 23.3 Å². The summed E-state index contributed by atoms with van der Waals surface area (Å²) in [4.78, 5) is 15.2. The summed E-state index contributed by atoms with van der Waals surface area (Å²) >= 11 is 0. The molecule has 1 amide bonds. The van der Waals surface area contributed by atoms with E-state index in [1.54, 1.807) is 6.08 Å². The lowest BCUT2D eigenvalue weighted by atomic mass is 9.95. The van der Waals surface area contributed by atoms with Crippen LogP contribution < -0.4 is 11.1 Å². The van der Waals surface area contributed by atoms with E-state index < -0.39 is 0 Å². The van der Waals surface area contributed by atoms with E-state index in [2.05, 4.69) is 10.3 Å². The van der Waals surface area contributed by atoms with Gasteiger partial charge in [-0.05, 0) is 49.6 Å². The number of nitrogen functional groups attached to an aromatic ring is 1. The van der Waals surface area contributed by atoms with Crippen molar-refractivity contribution in [2.75, 3.05) is 5.73 Å². The number of carbonyl (C=O) groups is 1. The van der Waals surface area contributed by atoms with Gasteiger partial charge in [0.15, 0.2) is 0 Å². The minimum atomic E-state index is -0.294. The van der Waals surface area contributed by atoms with Gasteiger partial charge in [-0.15, -0.1) is 0 Å². The normalized spacial score (nSPS) is 23.4. The van der Waals surface area contributed by atoms with E-state index in [0.717, 1.165) is 17.0 Å². The van der Waals surface area contributed by atoms with Crippen molar-refractivity contribution < 1.29 is 9.18 Å². The number of amides is 1. The highest BCUT2D eigenvalue weighted by Crippen LogP contribution is 2.32. The maximum absolute atomic E-state index is 13.4. The second-order valence-electron chi connectivity index (χ2n) is 5.21. The zero-order chi connectivity index (χ0) is 14.4.